The molecule has 0 fully saturated rings. The van der Waals surface area contributed by atoms with Gasteiger partial charge in [0.1, 0.15) is 5.52 Å². The highest BCUT2D eigenvalue weighted by Crippen LogP contribution is 2.12. The van der Waals surface area contributed by atoms with E-state index in [1.165, 1.54) is 0 Å². The average molecular weight is 185 g/mol. The van der Waals surface area contributed by atoms with Crippen LogP contribution in [-0.4, -0.2) is 15.9 Å². The second kappa shape index (κ2) is 3.23. The average Bonchev–Trinajstić information content (AvgIpc) is 2.62. The van der Waals surface area contributed by atoms with Crippen molar-refractivity contribution in [3.8, 4) is 11.8 Å². The van der Waals surface area contributed by atoms with Crippen LogP contribution in [0.4, 0.5) is 0 Å². The number of H-pyrrole nitrogens is 1. The van der Waals surface area contributed by atoms with Gasteiger partial charge in [0.15, 0.2) is 0 Å². The van der Waals surface area contributed by atoms with Crippen molar-refractivity contribution in [2.45, 2.75) is 0 Å². The summed E-state index contributed by atoms with van der Waals surface area (Å²) in [7, 11) is 0. The van der Waals surface area contributed by atoms with Crippen LogP contribution in [0, 0.1) is 11.8 Å². The van der Waals surface area contributed by atoms with Gasteiger partial charge < -0.3 is 10.7 Å². The van der Waals surface area contributed by atoms with Gasteiger partial charge in [-0.1, -0.05) is 12.0 Å². The quantitative estimate of drug-likeness (QED) is 0.583. The summed E-state index contributed by atoms with van der Waals surface area (Å²) in [6.07, 6.45) is 1.58. The van der Waals surface area contributed by atoms with Crippen molar-refractivity contribution in [3.63, 3.8) is 0 Å². The van der Waals surface area contributed by atoms with Crippen LogP contribution in [0.1, 0.15) is 5.56 Å². The SMILES string of the molecule is NC(=O)C#Cc1cccc2[nH]cnc12. The maximum Gasteiger partial charge on any atom is 0.293 e. The Labute approximate surface area is 80.1 Å². The van der Waals surface area contributed by atoms with Crippen molar-refractivity contribution in [1.82, 2.24) is 9.97 Å². The second-order valence-electron chi connectivity index (χ2n) is 2.72. The van der Waals surface area contributed by atoms with Gasteiger partial charge in [-0.25, -0.2) is 4.98 Å². The Hall–Kier alpha value is -2.28. The van der Waals surface area contributed by atoms with Crippen molar-refractivity contribution in [2.24, 2.45) is 5.73 Å². The summed E-state index contributed by atoms with van der Waals surface area (Å²) in [4.78, 5) is 17.5. The molecule has 1 amide bonds. The molecule has 1 heterocycles. The lowest BCUT2D eigenvalue weighted by Gasteiger charge is -1.90. The van der Waals surface area contributed by atoms with Crippen LogP contribution in [-0.2, 0) is 4.79 Å². The number of imidazole rings is 1. The van der Waals surface area contributed by atoms with Crippen LogP contribution in [0.2, 0.25) is 0 Å². The summed E-state index contributed by atoms with van der Waals surface area (Å²) in [5.74, 6) is 4.30. The van der Waals surface area contributed by atoms with Crippen molar-refractivity contribution < 1.29 is 4.79 Å². The first-order valence-electron chi connectivity index (χ1n) is 4.01. The monoisotopic (exact) mass is 185 g/mol. The molecule has 2 rings (SSSR count). The normalized spacial score (nSPS) is 9.43. The molecule has 0 saturated heterocycles. The largest absolute Gasteiger partial charge is 0.359 e. The number of aromatic amines is 1. The zero-order valence-corrected chi connectivity index (χ0v) is 7.24. The minimum Gasteiger partial charge on any atom is -0.359 e. The fraction of sp³-hybridized carbons (Fsp3) is 0. The molecule has 14 heavy (non-hydrogen) atoms. The van der Waals surface area contributed by atoms with Crippen molar-refractivity contribution in [3.05, 3.63) is 30.1 Å². The topological polar surface area (TPSA) is 71.8 Å². The molecule has 0 radical (unpaired) electrons. The molecule has 1 aromatic heterocycles. The number of rotatable bonds is 0. The Morgan fingerprint density at radius 1 is 1.50 bits per heavy atom. The molecule has 0 unspecified atom stereocenters. The van der Waals surface area contributed by atoms with E-state index in [1.54, 1.807) is 12.4 Å². The molecule has 68 valence electrons. The number of primary amides is 1. The van der Waals surface area contributed by atoms with E-state index in [0.29, 0.717) is 5.56 Å². The molecule has 0 aliphatic rings. The number of benzene rings is 1. The number of nitrogens with two attached hydrogens (primary N) is 1. The van der Waals surface area contributed by atoms with Gasteiger partial charge in [0.2, 0.25) is 0 Å². The first kappa shape index (κ1) is 8.32. The predicted molar refractivity (Wildman–Crippen MR) is 52.2 cm³/mol. The van der Waals surface area contributed by atoms with Crippen LogP contribution in [0.25, 0.3) is 11.0 Å². The number of carbonyl (C=O) groups excluding carboxylic acids is 1. The minimum atomic E-state index is -0.641. The number of carbonyl (C=O) groups is 1. The first-order chi connectivity index (χ1) is 6.77. The summed E-state index contributed by atoms with van der Waals surface area (Å²) in [5, 5.41) is 0. The van der Waals surface area contributed by atoms with E-state index in [1.807, 2.05) is 12.1 Å². The Morgan fingerprint density at radius 2 is 2.36 bits per heavy atom. The molecule has 0 aliphatic heterocycles. The minimum absolute atomic E-state index is 0.641. The number of nitrogens with zero attached hydrogens (tertiary/aromatic N) is 1. The summed E-state index contributed by atoms with van der Waals surface area (Å²) >= 11 is 0. The van der Waals surface area contributed by atoms with Gasteiger partial charge in [-0.05, 0) is 12.1 Å². The summed E-state index contributed by atoms with van der Waals surface area (Å²) in [5.41, 5.74) is 7.26. The smallest absolute Gasteiger partial charge is 0.293 e. The van der Waals surface area contributed by atoms with Crippen LogP contribution in [0.3, 0.4) is 0 Å². The van der Waals surface area contributed by atoms with Crippen LogP contribution >= 0.6 is 0 Å². The van der Waals surface area contributed by atoms with E-state index in [0.717, 1.165) is 11.0 Å². The Kier molecular flexibility index (Phi) is 1.92. The summed E-state index contributed by atoms with van der Waals surface area (Å²) in [6, 6.07) is 5.52. The summed E-state index contributed by atoms with van der Waals surface area (Å²) in [6.45, 7) is 0. The highest BCUT2D eigenvalue weighted by Gasteiger charge is 1.99. The standard InChI is InChI=1S/C10H7N3O/c11-9(14)5-4-7-2-1-3-8-10(7)13-6-12-8/h1-3,6H,(H2,11,14)(H,12,13). The summed E-state index contributed by atoms with van der Waals surface area (Å²) < 4.78 is 0. The number of fused-ring (bicyclic) bond motifs is 1. The first-order valence-corrected chi connectivity index (χ1v) is 4.01. The number of nitrogens with one attached hydrogen (secondary N) is 1. The van der Waals surface area contributed by atoms with Crippen molar-refractivity contribution in [1.29, 1.82) is 0 Å². The van der Waals surface area contributed by atoms with Gasteiger partial charge in [0.05, 0.1) is 17.4 Å². The van der Waals surface area contributed by atoms with Gasteiger partial charge in [0.25, 0.3) is 5.91 Å². The molecule has 4 heteroatoms. The van der Waals surface area contributed by atoms with E-state index in [9.17, 15) is 4.79 Å². The maximum atomic E-state index is 10.5. The zero-order valence-electron chi connectivity index (χ0n) is 7.24. The molecule has 2 aromatic rings. The molecule has 1 aromatic carbocycles. The van der Waals surface area contributed by atoms with E-state index < -0.39 is 5.91 Å². The highest BCUT2D eigenvalue weighted by molar-refractivity contribution is 5.93. The third kappa shape index (κ3) is 1.43. The van der Waals surface area contributed by atoms with Gasteiger partial charge in [0, 0.05) is 5.92 Å². The van der Waals surface area contributed by atoms with Crippen molar-refractivity contribution >= 4 is 16.9 Å². The molecule has 0 atom stereocenters. The van der Waals surface area contributed by atoms with Gasteiger partial charge >= 0.3 is 0 Å². The molecular formula is C10H7N3O. The second-order valence-corrected chi connectivity index (χ2v) is 2.72. The molecule has 0 aliphatic carbocycles. The van der Waals surface area contributed by atoms with Gasteiger partial charge in [-0.2, -0.15) is 0 Å². The van der Waals surface area contributed by atoms with E-state index in [2.05, 4.69) is 21.8 Å². The van der Waals surface area contributed by atoms with E-state index in [-0.39, 0.29) is 0 Å². The lowest BCUT2D eigenvalue weighted by atomic mass is 10.2. The third-order valence-corrected chi connectivity index (χ3v) is 1.77. The van der Waals surface area contributed by atoms with Crippen LogP contribution in [0.5, 0.6) is 0 Å². The lowest BCUT2D eigenvalue weighted by Crippen LogP contribution is -2.06. The highest BCUT2D eigenvalue weighted by atomic mass is 16.1. The van der Waals surface area contributed by atoms with E-state index >= 15 is 0 Å². The molecule has 0 spiro atoms. The Morgan fingerprint density at radius 3 is 3.14 bits per heavy atom. The Balaban J connectivity index is 2.58. The molecule has 4 nitrogen and oxygen atoms in total. The number of aromatic nitrogens is 2. The number of amides is 1. The molecule has 0 saturated carbocycles. The number of hydrogen-bond acceptors (Lipinski definition) is 2. The predicted octanol–water partition coefficient (Wildman–Crippen LogP) is 0.400. The Bertz CT molecular complexity index is 545. The van der Waals surface area contributed by atoms with E-state index in [4.69, 9.17) is 5.73 Å². The molecular weight excluding hydrogens is 178 g/mol. The molecule has 3 N–H and O–H groups in total. The lowest BCUT2D eigenvalue weighted by molar-refractivity contribution is -0.112. The van der Waals surface area contributed by atoms with Crippen LogP contribution < -0.4 is 5.73 Å². The van der Waals surface area contributed by atoms with Gasteiger partial charge in [-0.15, -0.1) is 0 Å². The third-order valence-electron chi connectivity index (χ3n) is 1.77. The van der Waals surface area contributed by atoms with Crippen LogP contribution in [0.15, 0.2) is 24.5 Å². The van der Waals surface area contributed by atoms with Crippen molar-refractivity contribution in [2.75, 3.05) is 0 Å². The maximum absolute atomic E-state index is 10.5. The number of para-hydroxylation sites is 1. The fourth-order valence-electron chi connectivity index (χ4n) is 1.20. The zero-order chi connectivity index (χ0) is 9.97. The fourth-order valence-corrected chi connectivity index (χ4v) is 1.20. The molecule has 0 bridgehead atoms. The number of hydrogen-bond donors (Lipinski definition) is 2. The van der Waals surface area contributed by atoms with Gasteiger partial charge in [-0.3, -0.25) is 4.79 Å².